The van der Waals surface area contributed by atoms with Gasteiger partial charge in [-0.25, -0.2) is 0 Å². The molecule has 1 aromatic rings. The van der Waals surface area contributed by atoms with Gasteiger partial charge in [0, 0.05) is 52.1 Å². The Balaban J connectivity index is 1.56. The van der Waals surface area contributed by atoms with E-state index in [1.807, 2.05) is 21.9 Å². The Bertz CT molecular complexity index is 626. The van der Waals surface area contributed by atoms with Crippen LogP contribution in [0.15, 0.2) is 24.5 Å². The fourth-order valence-corrected chi connectivity index (χ4v) is 4.09. The lowest BCUT2D eigenvalue weighted by Gasteiger charge is -2.47. The molecule has 142 valence electrons. The van der Waals surface area contributed by atoms with E-state index in [2.05, 4.69) is 4.98 Å². The van der Waals surface area contributed by atoms with Crippen molar-refractivity contribution in [3.63, 3.8) is 0 Å². The zero-order valence-corrected chi connectivity index (χ0v) is 15.8. The number of piperidine rings is 2. The van der Waals surface area contributed by atoms with E-state index < -0.39 is 0 Å². The molecule has 26 heavy (non-hydrogen) atoms. The highest BCUT2D eigenvalue weighted by Gasteiger charge is 2.41. The molecule has 2 aliphatic rings. The lowest BCUT2D eigenvalue weighted by molar-refractivity contribution is -0.147. The summed E-state index contributed by atoms with van der Waals surface area (Å²) >= 11 is 0. The van der Waals surface area contributed by atoms with Crippen LogP contribution in [0.25, 0.3) is 0 Å². The molecule has 6 heteroatoms. The molecule has 0 radical (unpaired) electrons. The Kier molecular flexibility index (Phi) is 5.91. The zero-order chi connectivity index (χ0) is 18.6. The Hall–Kier alpha value is -1.95. The number of pyridine rings is 1. The highest BCUT2D eigenvalue weighted by molar-refractivity contribution is 5.80. The summed E-state index contributed by atoms with van der Waals surface area (Å²) in [6.45, 7) is 4.90. The summed E-state index contributed by atoms with van der Waals surface area (Å²) in [5.74, 6) is 0.333. The van der Waals surface area contributed by atoms with Crippen molar-refractivity contribution in [3.8, 4) is 0 Å². The van der Waals surface area contributed by atoms with Gasteiger partial charge in [-0.3, -0.25) is 14.6 Å². The molecule has 0 bridgehead atoms. The minimum absolute atomic E-state index is 0.0729. The smallest absolute Gasteiger partial charge is 0.251 e. The number of carbonyl (C=O) groups excluding carboxylic acids is 2. The molecule has 2 aliphatic heterocycles. The molecule has 3 rings (SSSR count). The van der Waals surface area contributed by atoms with E-state index in [0.29, 0.717) is 6.42 Å². The summed E-state index contributed by atoms with van der Waals surface area (Å²) in [4.78, 5) is 32.7. The second kappa shape index (κ2) is 8.16. The Labute approximate surface area is 155 Å². The van der Waals surface area contributed by atoms with Gasteiger partial charge in [0.25, 0.3) is 5.91 Å². The maximum absolute atomic E-state index is 12.4. The number of ether oxygens (including phenoxy) is 1. The zero-order valence-electron chi connectivity index (χ0n) is 15.8. The van der Waals surface area contributed by atoms with Crippen LogP contribution in [0.3, 0.4) is 0 Å². The van der Waals surface area contributed by atoms with Gasteiger partial charge in [-0.2, -0.15) is 0 Å². The predicted molar refractivity (Wildman–Crippen MR) is 98.5 cm³/mol. The van der Waals surface area contributed by atoms with Gasteiger partial charge in [-0.1, -0.05) is 0 Å². The molecule has 0 aliphatic carbocycles. The summed E-state index contributed by atoms with van der Waals surface area (Å²) in [5, 5.41) is 0. The van der Waals surface area contributed by atoms with Gasteiger partial charge in [-0.15, -0.1) is 0 Å². The van der Waals surface area contributed by atoms with Gasteiger partial charge >= 0.3 is 0 Å². The standard InChI is InChI=1S/C20H29N3O3/c1-16(26-2)19(25)22-13-8-20(9-14-22)7-3-18(24)23(15-20)12-6-17-4-10-21-11-5-17/h4-5,10-11,16H,3,6-9,12-15H2,1-2H3/t16-/m1/s1. The number of aromatic nitrogens is 1. The monoisotopic (exact) mass is 359 g/mol. The van der Waals surface area contributed by atoms with Crippen LogP contribution in [0, 0.1) is 5.41 Å². The number of carbonyl (C=O) groups is 2. The summed E-state index contributed by atoms with van der Waals surface area (Å²) in [6, 6.07) is 4.01. The Morgan fingerprint density at radius 1 is 1.27 bits per heavy atom. The van der Waals surface area contributed by atoms with Gasteiger partial charge in [0.05, 0.1) is 0 Å². The van der Waals surface area contributed by atoms with E-state index in [-0.39, 0.29) is 23.3 Å². The van der Waals surface area contributed by atoms with E-state index >= 15 is 0 Å². The number of nitrogens with zero attached hydrogens (tertiary/aromatic N) is 3. The minimum atomic E-state index is -0.381. The third-order valence-electron chi connectivity index (χ3n) is 6.01. The second-order valence-corrected chi connectivity index (χ2v) is 7.62. The van der Waals surface area contributed by atoms with Gasteiger partial charge in [-0.05, 0) is 55.7 Å². The fraction of sp³-hybridized carbons (Fsp3) is 0.650. The second-order valence-electron chi connectivity index (χ2n) is 7.62. The number of hydrogen-bond acceptors (Lipinski definition) is 4. The van der Waals surface area contributed by atoms with Crippen molar-refractivity contribution in [2.75, 3.05) is 33.3 Å². The van der Waals surface area contributed by atoms with Crippen LogP contribution in [0.2, 0.25) is 0 Å². The Morgan fingerprint density at radius 3 is 2.62 bits per heavy atom. The van der Waals surface area contributed by atoms with Crippen molar-refractivity contribution in [1.29, 1.82) is 0 Å². The molecule has 2 amide bonds. The third-order valence-corrected chi connectivity index (χ3v) is 6.01. The van der Waals surface area contributed by atoms with Crippen LogP contribution < -0.4 is 0 Å². The van der Waals surface area contributed by atoms with Crippen LogP contribution in [0.5, 0.6) is 0 Å². The van der Waals surface area contributed by atoms with Crippen LogP contribution in [0.1, 0.15) is 38.2 Å². The van der Waals surface area contributed by atoms with Crippen LogP contribution in [0.4, 0.5) is 0 Å². The molecule has 1 atom stereocenters. The number of rotatable bonds is 5. The van der Waals surface area contributed by atoms with Crippen molar-refractivity contribution in [2.24, 2.45) is 5.41 Å². The molecule has 0 N–H and O–H groups in total. The first-order chi connectivity index (χ1) is 12.5. The van der Waals surface area contributed by atoms with Crippen LogP contribution >= 0.6 is 0 Å². The predicted octanol–water partition coefficient (Wildman–Crippen LogP) is 1.89. The average molecular weight is 359 g/mol. The first kappa shape index (κ1) is 18.8. The maximum atomic E-state index is 12.4. The number of amides is 2. The highest BCUT2D eigenvalue weighted by atomic mass is 16.5. The van der Waals surface area contributed by atoms with Crippen molar-refractivity contribution in [1.82, 2.24) is 14.8 Å². The molecule has 0 saturated carbocycles. The van der Waals surface area contributed by atoms with Crippen molar-refractivity contribution < 1.29 is 14.3 Å². The molecule has 2 fully saturated rings. The summed E-state index contributed by atoms with van der Waals surface area (Å²) in [5.41, 5.74) is 1.38. The quantitative estimate of drug-likeness (QED) is 0.805. The Morgan fingerprint density at radius 2 is 1.96 bits per heavy atom. The van der Waals surface area contributed by atoms with E-state index in [1.165, 1.54) is 5.56 Å². The van der Waals surface area contributed by atoms with Crippen molar-refractivity contribution in [2.45, 2.75) is 45.1 Å². The van der Waals surface area contributed by atoms with Crippen molar-refractivity contribution >= 4 is 11.8 Å². The molecule has 2 saturated heterocycles. The van der Waals surface area contributed by atoms with Gasteiger partial charge in [0.2, 0.25) is 5.91 Å². The highest BCUT2D eigenvalue weighted by Crippen LogP contribution is 2.40. The minimum Gasteiger partial charge on any atom is -0.372 e. The van der Waals surface area contributed by atoms with E-state index in [9.17, 15) is 9.59 Å². The summed E-state index contributed by atoms with van der Waals surface area (Å²) < 4.78 is 5.16. The molecule has 3 heterocycles. The lowest BCUT2D eigenvalue weighted by Crippen LogP contribution is -2.53. The topological polar surface area (TPSA) is 62.7 Å². The third kappa shape index (κ3) is 4.23. The summed E-state index contributed by atoms with van der Waals surface area (Å²) in [7, 11) is 1.57. The normalized spacial score (nSPS) is 21.1. The van der Waals surface area contributed by atoms with Crippen LogP contribution in [-0.4, -0.2) is 66.0 Å². The molecular weight excluding hydrogens is 330 g/mol. The van der Waals surface area contributed by atoms with Gasteiger partial charge < -0.3 is 14.5 Å². The first-order valence-electron chi connectivity index (χ1n) is 9.51. The van der Waals surface area contributed by atoms with E-state index in [0.717, 1.165) is 51.9 Å². The largest absolute Gasteiger partial charge is 0.372 e. The maximum Gasteiger partial charge on any atom is 0.251 e. The summed E-state index contributed by atoms with van der Waals surface area (Å²) in [6.07, 6.45) is 7.57. The molecule has 1 aromatic heterocycles. The molecule has 0 unspecified atom stereocenters. The van der Waals surface area contributed by atoms with Gasteiger partial charge in [0.1, 0.15) is 6.10 Å². The molecule has 0 aromatic carbocycles. The van der Waals surface area contributed by atoms with E-state index in [1.54, 1.807) is 26.4 Å². The molecule has 1 spiro atoms. The number of likely N-dealkylation sites (tertiary alicyclic amines) is 2. The average Bonchev–Trinajstić information content (AvgIpc) is 2.69. The number of methoxy groups -OCH3 is 1. The van der Waals surface area contributed by atoms with E-state index in [4.69, 9.17) is 4.74 Å². The SMILES string of the molecule is CO[C@H](C)C(=O)N1CCC2(CCC(=O)N(CCc3ccncc3)C2)CC1. The lowest BCUT2D eigenvalue weighted by atomic mass is 9.72. The number of hydrogen-bond donors (Lipinski definition) is 0. The fourth-order valence-electron chi connectivity index (χ4n) is 4.09. The molecule has 6 nitrogen and oxygen atoms in total. The first-order valence-corrected chi connectivity index (χ1v) is 9.51. The van der Waals surface area contributed by atoms with Crippen molar-refractivity contribution in [3.05, 3.63) is 30.1 Å². The van der Waals surface area contributed by atoms with Crippen LogP contribution in [-0.2, 0) is 20.7 Å². The molecular formula is C20H29N3O3. The van der Waals surface area contributed by atoms with Gasteiger partial charge in [0.15, 0.2) is 0 Å².